The van der Waals surface area contributed by atoms with Gasteiger partial charge < -0.3 is 10.2 Å². The van der Waals surface area contributed by atoms with Crippen LogP contribution in [0, 0.1) is 17.6 Å². The molecular weight excluding hydrogens is 274 g/mol. The number of nitrogens with zero attached hydrogens (tertiary/aromatic N) is 1. The summed E-state index contributed by atoms with van der Waals surface area (Å²) in [5.74, 6) is -0.682. The molecule has 1 aliphatic rings. The van der Waals surface area contributed by atoms with Gasteiger partial charge in [0.05, 0.1) is 6.42 Å². The summed E-state index contributed by atoms with van der Waals surface area (Å²) in [7, 11) is 1.94. The fourth-order valence-corrected chi connectivity index (χ4v) is 2.76. The van der Waals surface area contributed by atoms with Crippen LogP contribution in [0.15, 0.2) is 18.2 Å². The highest BCUT2D eigenvalue weighted by molar-refractivity contribution is 5.78. The first-order valence-corrected chi connectivity index (χ1v) is 7.46. The number of hydrogen-bond donors (Lipinski definition) is 1. The van der Waals surface area contributed by atoms with Crippen molar-refractivity contribution < 1.29 is 13.6 Å². The summed E-state index contributed by atoms with van der Waals surface area (Å²) in [4.78, 5) is 14.0. The largest absolute Gasteiger partial charge is 0.342 e. The molecule has 0 atom stereocenters. The SMILES string of the molecule is CNCCC1CCN(C(=O)Cc2ccc(F)cc2F)CC1. The standard InChI is InChI=1S/C16H22F2N2O/c1-19-7-4-12-5-8-20(9-6-12)16(21)10-13-2-3-14(17)11-15(13)18/h2-3,11-12,19H,4-10H2,1H3. The van der Waals surface area contributed by atoms with E-state index in [1.807, 2.05) is 7.05 Å². The summed E-state index contributed by atoms with van der Waals surface area (Å²) in [5.41, 5.74) is 0.263. The van der Waals surface area contributed by atoms with Crippen LogP contribution in [-0.4, -0.2) is 37.5 Å². The van der Waals surface area contributed by atoms with Gasteiger partial charge in [-0.25, -0.2) is 8.78 Å². The van der Waals surface area contributed by atoms with E-state index in [1.54, 1.807) is 4.90 Å². The van der Waals surface area contributed by atoms with Crippen molar-refractivity contribution in [1.82, 2.24) is 10.2 Å². The lowest BCUT2D eigenvalue weighted by atomic mass is 9.93. The maximum atomic E-state index is 13.6. The molecule has 5 heteroatoms. The van der Waals surface area contributed by atoms with E-state index in [1.165, 1.54) is 12.1 Å². The summed E-state index contributed by atoms with van der Waals surface area (Å²) in [6, 6.07) is 3.37. The molecule has 1 amide bonds. The topological polar surface area (TPSA) is 32.3 Å². The molecule has 0 radical (unpaired) electrons. The minimum atomic E-state index is -0.646. The molecular formula is C16H22F2N2O. The number of carbonyl (C=O) groups is 1. The fourth-order valence-electron chi connectivity index (χ4n) is 2.76. The van der Waals surface area contributed by atoms with Crippen LogP contribution in [0.1, 0.15) is 24.8 Å². The number of carbonyl (C=O) groups excluding carboxylic acids is 1. The van der Waals surface area contributed by atoms with Crippen molar-refractivity contribution in [1.29, 1.82) is 0 Å². The highest BCUT2D eigenvalue weighted by atomic mass is 19.1. The first-order chi connectivity index (χ1) is 10.1. The molecule has 1 aromatic carbocycles. The van der Waals surface area contributed by atoms with E-state index in [-0.39, 0.29) is 17.9 Å². The summed E-state index contributed by atoms with van der Waals surface area (Å²) in [5, 5.41) is 3.14. The molecule has 0 bridgehead atoms. The molecule has 0 spiro atoms. The monoisotopic (exact) mass is 296 g/mol. The van der Waals surface area contributed by atoms with E-state index in [9.17, 15) is 13.6 Å². The number of nitrogens with one attached hydrogen (secondary N) is 1. The number of hydrogen-bond acceptors (Lipinski definition) is 2. The summed E-state index contributed by atoms with van der Waals surface area (Å²) in [6.07, 6.45) is 3.14. The van der Waals surface area contributed by atoms with Crippen molar-refractivity contribution in [3.8, 4) is 0 Å². The molecule has 116 valence electrons. The second-order valence-corrected chi connectivity index (χ2v) is 5.63. The quantitative estimate of drug-likeness (QED) is 0.904. The van der Waals surface area contributed by atoms with E-state index >= 15 is 0 Å². The number of benzene rings is 1. The Hall–Kier alpha value is -1.49. The molecule has 1 aliphatic heterocycles. The van der Waals surface area contributed by atoms with Crippen molar-refractivity contribution >= 4 is 5.91 Å². The molecule has 0 unspecified atom stereocenters. The molecule has 3 nitrogen and oxygen atoms in total. The van der Waals surface area contributed by atoms with Gasteiger partial charge in [0.1, 0.15) is 11.6 Å². The number of piperidine rings is 1. The molecule has 1 saturated heterocycles. The normalized spacial score (nSPS) is 16.2. The zero-order valence-electron chi connectivity index (χ0n) is 12.4. The van der Waals surface area contributed by atoms with Gasteiger partial charge in [-0.3, -0.25) is 4.79 Å². The number of likely N-dealkylation sites (tertiary alicyclic amines) is 1. The highest BCUT2D eigenvalue weighted by Gasteiger charge is 2.23. The van der Waals surface area contributed by atoms with Crippen LogP contribution in [0.25, 0.3) is 0 Å². The van der Waals surface area contributed by atoms with Crippen molar-refractivity contribution in [2.24, 2.45) is 5.92 Å². The minimum Gasteiger partial charge on any atom is -0.342 e. The summed E-state index contributed by atoms with van der Waals surface area (Å²) >= 11 is 0. The van der Waals surface area contributed by atoms with Gasteiger partial charge in [0.25, 0.3) is 0 Å². The smallest absolute Gasteiger partial charge is 0.227 e. The van der Waals surface area contributed by atoms with E-state index < -0.39 is 11.6 Å². The predicted octanol–water partition coefficient (Wildman–Crippen LogP) is 2.36. The van der Waals surface area contributed by atoms with Crippen LogP contribution in [0.2, 0.25) is 0 Å². The zero-order chi connectivity index (χ0) is 15.2. The Morgan fingerprint density at radius 2 is 2.05 bits per heavy atom. The molecule has 1 heterocycles. The van der Waals surface area contributed by atoms with E-state index in [0.29, 0.717) is 5.92 Å². The van der Waals surface area contributed by atoms with Gasteiger partial charge in [-0.15, -0.1) is 0 Å². The number of amides is 1. The Balaban J connectivity index is 1.84. The van der Waals surface area contributed by atoms with Crippen LogP contribution in [-0.2, 0) is 11.2 Å². The minimum absolute atomic E-state index is 0.00724. The number of rotatable bonds is 5. The molecule has 0 saturated carbocycles. The molecule has 2 rings (SSSR count). The van der Waals surface area contributed by atoms with Crippen molar-refractivity contribution in [2.45, 2.75) is 25.7 Å². The van der Waals surface area contributed by atoms with E-state index in [4.69, 9.17) is 0 Å². The number of halogens is 2. The molecule has 21 heavy (non-hydrogen) atoms. The van der Waals surface area contributed by atoms with Crippen LogP contribution >= 0.6 is 0 Å². The maximum Gasteiger partial charge on any atom is 0.227 e. The maximum absolute atomic E-state index is 13.6. The second kappa shape index (κ2) is 7.50. The van der Waals surface area contributed by atoms with E-state index in [0.717, 1.165) is 45.0 Å². The van der Waals surface area contributed by atoms with Gasteiger partial charge >= 0.3 is 0 Å². The first-order valence-electron chi connectivity index (χ1n) is 7.46. The molecule has 1 N–H and O–H groups in total. The molecule has 1 fully saturated rings. The van der Waals surface area contributed by atoms with Gasteiger partial charge in [-0.05, 0) is 50.4 Å². The lowest BCUT2D eigenvalue weighted by Crippen LogP contribution is -2.39. The Morgan fingerprint density at radius 3 is 2.67 bits per heavy atom. The zero-order valence-corrected chi connectivity index (χ0v) is 12.4. The molecule has 0 aliphatic carbocycles. The van der Waals surface area contributed by atoms with Crippen molar-refractivity contribution in [3.05, 3.63) is 35.4 Å². The fraction of sp³-hybridized carbons (Fsp3) is 0.562. The van der Waals surface area contributed by atoms with Crippen LogP contribution in [0.5, 0.6) is 0 Å². The Morgan fingerprint density at radius 1 is 1.33 bits per heavy atom. The van der Waals surface area contributed by atoms with Gasteiger partial charge in [-0.2, -0.15) is 0 Å². The Labute approximate surface area is 124 Å². The molecule has 0 aromatic heterocycles. The summed E-state index contributed by atoms with van der Waals surface area (Å²) < 4.78 is 26.4. The lowest BCUT2D eigenvalue weighted by molar-refractivity contribution is -0.131. The average molecular weight is 296 g/mol. The van der Waals surface area contributed by atoms with Crippen LogP contribution < -0.4 is 5.32 Å². The summed E-state index contributed by atoms with van der Waals surface area (Å²) in [6.45, 7) is 2.46. The molecule has 1 aromatic rings. The van der Waals surface area contributed by atoms with Gasteiger partial charge in [0.15, 0.2) is 0 Å². The van der Waals surface area contributed by atoms with Crippen LogP contribution in [0.3, 0.4) is 0 Å². The Kier molecular flexibility index (Phi) is 5.67. The predicted molar refractivity (Wildman–Crippen MR) is 77.9 cm³/mol. The Bertz CT molecular complexity index is 485. The van der Waals surface area contributed by atoms with Crippen molar-refractivity contribution in [2.75, 3.05) is 26.7 Å². The average Bonchev–Trinajstić information content (AvgIpc) is 2.48. The first kappa shape index (κ1) is 15.9. The van der Waals surface area contributed by atoms with Gasteiger partial charge in [0, 0.05) is 19.2 Å². The third-order valence-electron chi connectivity index (χ3n) is 4.13. The third-order valence-corrected chi connectivity index (χ3v) is 4.13. The van der Waals surface area contributed by atoms with Gasteiger partial charge in [0.2, 0.25) is 5.91 Å². The van der Waals surface area contributed by atoms with Gasteiger partial charge in [-0.1, -0.05) is 6.07 Å². The lowest BCUT2D eigenvalue weighted by Gasteiger charge is -2.32. The highest BCUT2D eigenvalue weighted by Crippen LogP contribution is 2.21. The third kappa shape index (κ3) is 4.49. The van der Waals surface area contributed by atoms with Crippen molar-refractivity contribution in [3.63, 3.8) is 0 Å². The second-order valence-electron chi connectivity index (χ2n) is 5.63. The van der Waals surface area contributed by atoms with Crippen LogP contribution in [0.4, 0.5) is 8.78 Å². The van der Waals surface area contributed by atoms with E-state index in [2.05, 4.69) is 5.32 Å².